The largest absolute Gasteiger partial charge is 0.137 e. The summed E-state index contributed by atoms with van der Waals surface area (Å²) in [6.07, 6.45) is 13.3. The normalized spacial score (nSPS) is 43.6. The molecule has 0 saturated heterocycles. The summed E-state index contributed by atoms with van der Waals surface area (Å²) in [5, 5.41) is 0. The number of rotatable bonds is 3. The smallest absolute Gasteiger partial charge is 0.0353 e. The molecule has 0 N–H and O–H groups in total. The maximum Gasteiger partial charge on any atom is -0.0353 e. The zero-order chi connectivity index (χ0) is 12.3. The maximum atomic E-state index is 2.95. The molecule has 0 amide bonds. The Morgan fingerprint density at radius 2 is 1.41 bits per heavy atom. The molecule has 2 aliphatic carbocycles. The number of hydrogen-bond acceptors (Lipinski definition) is 0. The Hall–Kier alpha value is 0.860. The van der Waals surface area contributed by atoms with Gasteiger partial charge in [-0.2, -0.15) is 0 Å². The van der Waals surface area contributed by atoms with E-state index in [1.165, 1.54) is 57.3 Å². The molecule has 0 nitrogen and oxygen atoms in total. The van der Waals surface area contributed by atoms with Crippen LogP contribution in [0.2, 0.25) is 0 Å². The Morgan fingerprint density at radius 1 is 0.824 bits per heavy atom. The van der Waals surface area contributed by atoms with E-state index >= 15 is 0 Å². The van der Waals surface area contributed by atoms with Crippen LogP contribution in [-0.2, 0) is 0 Å². The van der Waals surface area contributed by atoms with Crippen molar-refractivity contribution in [3.63, 3.8) is 0 Å². The summed E-state index contributed by atoms with van der Waals surface area (Å²) in [5.74, 6) is 5.16. The third-order valence-electron chi connectivity index (χ3n) is 5.51. The highest BCUT2D eigenvalue weighted by Gasteiger charge is 2.34. The van der Waals surface area contributed by atoms with Gasteiger partial charge in [-0.1, -0.05) is 6.92 Å². The van der Waals surface area contributed by atoms with Gasteiger partial charge in [0.15, 0.2) is 0 Å². The summed E-state index contributed by atoms with van der Waals surface area (Å²) < 4.78 is 0. The van der Waals surface area contributed by atoms with E-state index in [0.29, 0.717) is 0 Å². The number of hydrogen-bond donors (Lipinski definition) is 0. The van der Waals surface area contributed by atoms with E-state index < -0.39 is 0 Å². The summed E-state index contributed by atoms with van der Waals surface area (Å²) in [4.78, 5) is 0. The highest BCUT2D eigenvalue weighted by atomic mass is 31.0. The molecule has 0 radical (unpaired) electrons. The second-order valence-corrected chi connectivity index (χ2v) is 7.52. The third kappa shape index (κ3) is 3.67. The molecule has 0 aliphatic heterocycles. The van der Waals surface area contributed by atoms with Crippen LogP contribution in [0.25, 0.3) is 0 Å². The van der Waals surface area contributed by atoms with Gasteiger partial charge in [0.2, 0.25) is 0 Å². The molecule has 2 saturated carbocycles. The van der Waals surface area contributed by atoms with E-state index in [2.05, 4.69) is 25.4 Å². The van der Waals surface area contributed by atoms with Crippen LogP contribution in [0.3, 0.4) is 0 Å². The van der Waals surface area contributed by atoms with Gasteiger partial charge < -0.3 is 0 Å². The van der Waals surface area contributed by atoms with Crippen molar-refractivity contribution in [1.29, 1.82) is 0 Å². The third-order valence-corrected chi connectivity index (χ3v) is 6.84. The van der Waals surface area contributed by atoms with Crippen molar-refractivity contribution in [3.05, 3.63) is 0 Å². The average molecular weight is 272 g/mol. The predicted molar refractivity (Wildman–Crippen MR) is 84.6 cm³/mol. The van der Waals surface area contributed by atoms with Crippen LogP contribution in [0.5, 0.6) is 0 Å². The van der Waals surface area contributed by atoms with Crippen molar-refractivity contribution in [3.8, 4) is 0 Å². The van der Waals surface area contributed by atoms with Crippen LogP contribution in [0.15, 0.2) is 0 Å². The van der Waals surface area contributed by atoms with Gasteiger partial charge >= 0.3 is 0 Å². The minimum atomic E-state index is 0.992. The van der Waals surface area contributed by atoms with Crippen molar-refractivity contribution >= 4 is 18.5 Å². The first kappa shape index (κ1) is 14.3. The molecule has 0 aromatic heterocycles. The summed E-state index contributed by atoms with van der Waals surface area (Å²) in [7, 11) is 5.89. The highest BCUT2D eigenvalue weighted by molar-refractivity contribution is 7.16. The maximum absolute atomic E-state index is 2.95. The SMILES string of the molecule is CC1C[C@H](CP)CCC1C1CCC(CP)CC1. The quantitative estimate of drug-likeness (QED) is 0.659. The molecule has 0 aromatic rings. The molecule has 2 heteroatoms. The Labute approximate surface area is 112 Å². The fraction of sp³-hybridized carbons (Fsp3) is 1.00. The second kappa shape index (κ2) is 6.86. The van der Waals surface area contributed by atoms with E-state index in [0.717, 1.165) is 29.6 Å². The van der Waals surface area contributed by atoms with Crippen LogP contribution >= 0.6 is 18.5 Å². The van der Waals surface area contributed by atoms with Gasteiger partial charge in [-0.15, -0.1) is 18.5 Å². The molecule has 0 bridgehead atoms. The van der Waals surface area contributed by atoms with Gasteiger partial charge in [-0.05, 0) is 86.9 Å². The van der Waals surface area contributed by atoms with Crippen LogP contribution in [-0.4, -0.2) is 12.3 Å². The van der Waals surface area contributed by atoms with Gasteiger partial charge in [0.05, 0.1) is 0 Å². The minimum Gasteiger partial charge on any atom is -0.137 e. The zero-order valence-corrected chi connectivity index (χ0v) is 13.7. The summed E-state index contributed by atoms with van der Waals surface area (Å²) in [6.45, 7) is 2.53. The predicted octanol–water partition coefficient (Wildman–Crippen LogP) is 4.60. The van der Waals surface area contributed by atoms with Crippen molar-refractivity contribution in [2.75, 3.05) is 12.3 Å². The molecule has 4 unspecified atom stereocenters. The Morgan fingerprint density at radius 3 is 1.94 bits per heavy atom. The lowest BCUT2D eigenvalue weighted by atomic mass is 9.65. The Bertz CT molecular complexity index is 221. The standard InChI is InChI=1S/C15H30P2/c1-11-8-13(10-17)4-7-15(11)14-5-2-12(9-16)3-6-14/h11-15H,2-10,16-17H2,1H3/t11?,12?,13-,14?,15?/m1/s1. The van der Waals surface area contributed by atoms with Crippen molar-refractivity contribution < 1.29 is 0 Å². The molecule has 2 rings (SSSR count). The molecular formula is C15H30P2. The van der Waals surface area contributed by atoms with Gasteiger partial charge in [0.1, 0.15) is 0 Å². The molecule has 5 atom stereocenters. The lowest BCUT2D eigenvalue weighted by Crippen LogP contribution is -2.31. The molecule has 2 aliphatic rings. The van der Waals surface area contributed by atoms with E-state index in [4.69, 9.17) is 0 Å². The zero-order valence-electron chi connectivity index (χ0n) is 11.4. The molecule has 0 aromatic carbocycles. The lowest BCUT2D eigenvalue weighted by molar-refractivity contribution is 0.106. The average Bonchev–Trinajstić information content (AvgIpc) is 2.39. The van der Waals surface area contributed by atoms with E-state index in [1.807, 2.05) is 0 Å². The monoisotopic (exact) mass is 272 g/mol. The van der Waals surface area contributed by atoms with Gasteiger partial charge in [0.25, 0.3) is 0 Å². The van der Waals surface area contributed by atoms with Gasteiger partial charge in [0, 0.05) is 0 Å². The van der Waals surface area contributed by atoms with Crippen LogP contribution in [0, 0.1) is 29.6 Å². The van der Waals surface area contributed by atoms with E-state index in [-0.39, 0.29) is 0 Å². The topological polar surface area (TPSA) is 0 Å². The molecule has 17 heavy (non-hydrogen) atoms. The fourth-order valence-electron chi connectivity index (χ4n) is 4.30. The summed E-state index contributed by atoms with van der Waals surface area (Å²) in [6, 6.07) is 0. The first-order valence-corrected chi connectivity index (χ1v) is 9.28. The fourth-order valence-corrected chi connectivity index (χ4v) is 5.20. The Balaban J connectivity index is 1.83. The second-order valence-electron chi connectivity index (χ2n) is 6.57. The Kier molecular flexibility index (Phi) is 5.76. The first-order valence-electron chi connectivity index (χ1n) is 7.64. The van der Waals surface area contributed by atoms with Crippen molar-refractivity contribution in [2.45, 2.75) is 51.9 Å². The van der Waals surface area contributed by atoms with Crippen molar-refractivity contribution in [1.82, 2.24) is 0 Å². The lowest BCUT2D eigenvalue weighted by Gasteiger charge is -2.41. The van der Waals surface area contributed by atoms with E-state index in [1.54, 1.807) is 0 Å². The van der Waals surface area contributed by atoms with Crippen LogP contribution in [0.1, 0.15) is 51.9 Å². The van der Waals surface area contributed by atoms with Crippen molar-refractivity contribution in [2.24, 2.45) is 29.6 Å². The first-order chi connectivity index (χ1) is 8.24. The van der Waals surface area contributed by atoms with Gasteiger partial charge in [-0.3, -0.25) is 0 Å². The van der Waals surface area contributed by atoms with Gasteiger partial charge in [-0.25, -0.2) is 0 Å². The summed E-state index contributed by atoms with van der Waals surface area (Å²) >= 11 is 0. The van der Waals surface area contributed by atoms with Crippen LogP contribution < -0.4 is 0 Å². The minimum absolute atomic E-state index is 0.992. The van der Waals surface area contributed by atoms with Crippen LogP contribution in [0.4, 0.5) is 0 Å². The molecule has 100 valence electrons. The van der Waals surface area contributed by atoms with E-state index in [9.17, 15) is 0 Å². The molecule has 0 heterocycles. The molecular weight excluding hydrogens is 242 g/mol. The highest BCUT2D eigenvalue weighted by Crippen LogP contribution is 2.44. The summed E-state index contributed by atoms with van der Waals surface area (Å²) in [5.41, 5.74) is 0. The molecule has 0 spiro atoms. The molecule has 2 fully saturated rings.